The van der Waals surface area contributed by atoms with E-state index in [0.717, 1.165) is 42.1 Å². The van der Waals surface area contributed by atoms with Gasteiger partial charge in [0.15, 0.2) is 0 Å². The Morgan fingerprint density at radius 3 is 2.41 bits per heavy atom. The summed E-state index contributed by atoms with van der Waals surface area (Å²) >= 11 is 0. The maximum atomic E-state index is 12.3. The summed E-state index contributed by atoms with van der Waals surface area (Å²) in [5, 5.41) is 3.69. The number of benzene rings is 2. The van der Waals surface area contributed by atoms with Crippen LogP contribution in [0, 0.1) is 0 Å². The largest absolute Gasteiger partial charge is 0.368 e. The van der Waals surface area contributed by atoms with E-state index in [1.165, 1.54) is 5.56 Å². The van der Waals surface area contributed by atoms with Gasteiger partial charge in [-0.25, -0.2) is 0 Å². The van der Waals surface area contributed by atoms with Crippen LogP contribution in [-0.4, -0.2) is 28.6 Å². The summed E-state index contributed by atoms with van der Waals surface area (Å²) in [5.41, 5.74) is 8.70. The van der Waals surface area contributed by atoms with Crippen molar-refractivity contribution in [3.8, 4) is 0 Å². The molecule has 2 aromatic carbocycles. The van der Waals surface area contributed by atoms with E-state index in [9.17, 15) is 14.4 Å². The van der Waals surface area contributed by atoms with Crippen molar-refractivity contribution >= 4 is 28.5 Å². The SMILES string of the molecule is NC(=O)C(Cc1c[nH]c2ccccc12)NC(=O)CCC(=O)CCCCCc1ccccc1. The third-order valence-electron chi connectivity index (χ3n) is 5.67. The summed E-state index contributed by atoms with van der Waals surface area (Å²) in [6.07, 6.45) is 6.75. The van der Waals surface area contributed by atoms with Gasteiger partial charge in [-0.05, 0) is 36.5 Å². The van der Waals surface area contributed by atoms with Crippen LogP contribution in [0.15, 0.2) is 60.8 Å². The van der Waals surface area contributed by atoms with Crippen LogP contribution in [0.1, 0.15) is 49.7 Å². The minimum atomic E-state index is -0.810. The minimum Gasteiger partial charge on any atom is -0.368 e. The number of amides is 2. The Morgan fingerprint density at radius 1 is 0.875 bits per heavy atom. The molecule has 0 aliphatic rings. The van der Waals surface area contributed by atoms with Crippen LogP contribution in [0.25, 0.3) is 10.9 Å². The molecule has 0 aliphatic heterocycles. The molecule has 1 aromatic heterocycles. The fourth-order valence-electron chi connectivity index (χ4n) is 3.86. The molecule has 168 valence electrons. The molecule has 0 radical (unpaired) electrons. The van der Waals surface area contributed by atoms with Crippen molar-refractivity contribution in [2.45, 2.75) is 57.4 Å². The van der Waals surface area contributed by atoms with Gasteiger partial charge in [0.2, 0.25) is 11.8 Å². The molecule has 0 aliphatic carbocycles. The van der Waals surface area contributed by atoms with Crippen molar-refractivity contribution in [3.63, 3.8) is 0 Å². The number of primary amides is 1. The highest BCUT2D eigenvalue weighted by atomic mass is 16.2. The molecule has 32 heavy (non-hydrogen) atoms. The average molecular weight is 434 g/mol. The predicted molar refractivity (Wildman–Crippen MR) is 126 cm³/mol. The van der Waals surface area contributed by atoms with E-state index in [2.05, 4.69) is 22.4 Å². The van der Waals surface area contributed by atoms with Crippen LogP contribution in [0.4, 0.5) is 0 Å². The fourth-order valence-corrected chi connectivity index (χ4v) is 3.86. The predicted octanol–water partition coefficient (Wildman–Crippen LogP) is 3.83. The first kappa shape index (κ1) is 23.3. The molecule has 0 saturated carbocycles. The summed E-state index contributed by atoms with van der Waals surface area (Å²) in [4.78, 5) is 39.5. The zero-order valence-corrected chi connectivity index (χ0v) is 18.3. The highest BCUT2D eigenvalue weighted by molar-refractivity contribution is 5.90. The Balaban J connectivity index is 1.36. The van der Waals surface area contributed by atoms with Gasteiger partial charge in [-0.15, -0.1) is 0 Å². The Hall–Kier alpha value is -3.41. The molecule has 6 heteroatoms. The lowest BCUT2D eigenvalue weighted by Crippen LogP contribution is -2.45. The number of hydrogen-bond acceptors (Lipinski definition) is 3. The van der Waals surface area contributed by atoms with Gasteiger partial charge in [-0.3, -0.25) is 14.4 Å². The van der Waals surface area contributed by atoms with Crippen molar-refractivity contribution in [2.75, 3.05) is 0 Å². The number of Topliss-reactive ketones (excluding diaryl/α,β-unsaturated/α-hetero) is 1. The van der Waals surface area contributed by atoms with Gasteiger partial charge in [0.05, 0.1) is 0 Å². The van der Waals surface area contributed by atoms with Gasteiger partial charge in [-0.2, -0.15) is 0 Å². The Kier molecular flexibility index (Phi) is 8.61. The van der Waals surface area contributed by atoms with Gasteiger partial charge in [-0.1, -0.05) is 55.0 Å². The number of aryl methyl sites for hydroxylation is 1. The van der Waals surface area contributed by atoms with Gasteiger partial charge < -0.3 is 16.0 Å². The average Bonchev–Trinajstić information content (AvgIpc) is 3.20. The van der Waals surface area contributed by atoms with Crippen LogP contribution in [0.5, 0.6) is 0 Å². The molecule has 4 N–H and O–H groups in total. The second-order valence-electron chi connectivity index (χ2n) is 8.17. The monoisotopic (exact) mass is 433 g/mol. The number of hydrogen-bond donors (Lipinski definition) is 3. The summed E-state index contributed by atoms with van der Waals surface area (Å²) in [5.74, 6) is -0.841. The number of aromatic amines is 1. The number of nitrogens with one attached hydrogen (secondary N) is 2. The number of fused-ring (bicyclic) bond motifs is 1. The molecule has 0 fully saturated rings. The van der Waals surface area contributed by atoms with Crippen molar-refractivity contribution in [2.24, 2.45) is 5.73 Å². The molecule has 0 bridgehead atoms. The number of para-hydroxylation sites is 1. The van der Waals surface area contributed by atoms with Gasteiger partial charge in [0.1, 0.15) is 11.8 Å². The highest BCUT2D eigenvalue weighted by Gasteiger charge is 2.20. The first-order valence-electron chi connectivity index (χ1n) is 11.2. The van der Waals surface area contributed by atoms with E-state index in [1.807, 2.05) is 48.7 Å². The minimum absolute atomic E-state index is 0.0700. The smallest absolute Gasteiger partial charge is 0.240 e. The number of ketones is 1. The topological polar surface area (TPSA) is 105 Å². The maximum absolute atomic E-state index is 12.3. The van der Waals surface area contributed by atoms with Gasteiger partial charge in [0.25, 0.3) is 0 Å². The third kappa shape index (κ3) is 7.08. The Labute approximate surface area is 188 Å². The number of carbonyl (C=O) groups excluding carboxylic acids is 3. The molecule has 0 saturated heterocycles. The molecular formula is C26H31N3O3. The van der Waals surface area contributed by atoms with E-state index < -0.39 is 11.9 Å². The van der Waals surface area contributed by atoms with Crippen LogP contribution < -0.4 is 11.1 Å². The normalized spacial score (nSPS) is 11.9. The quantitative estimate of drug-likeness (QED) is 0.357. The second kappa shape index (κ2) is 11.8. The molecule has 0 spiro atoms. The zero-order chi connectivity index (χ0) is 22.8. The number of aromatic nitrogens is 1. The van der Waals surface area contributed by atoms with E-state index in [-0.39, 0.29) is 24.5 Å². The number of carbonyl (C=O) groups is 3. The molecule has 1 atom stereocenters. The number of unbranched alkanes of at least 4 members (excludes halogenated alkanes) is 2. The lowest BCUT2D eigenvalue weighted by atomic mass is 10.0. The molecule has 2 amide bonds. The van der Waals surface area contributed by atoms with E-state index in [0.29, 0.717) is 12.8 Å². The molecule has 6 nitrogen and oxygen atoms in total. The van der Waals surface area contributed by atoms with Gasteiger partial charge >= 0.3 is 0 Å². The van der Waals surface area contributed by atoms with E-state index >= 15 is 0 Å². The molecular weight excluding hydrogens is 402 g/mol. The third-order valence-corrected chi connectivity index (χ3v) is 5.67. The first-order valence-corrected chi connectivity index (χ1v) is 11.2. The van der Waals surface area contributed by atoms with Crippen molar-refractivity contribution < 1.29 is 14.4 Å². The summed E-state index contributed by atoms with van der Waals surface area (Å²) in [6, 6.07) is 17.2. The fraction of sp³-hybridized carbons (Fsp3) is 0.346. The summed E-state index contributed by atoms with van der Waals surface area (Å²) in [6.45, 7) is 0. The Morgan fingerprint density at radius 2 is 1.62 bits per heavy atom. The summed E-state index contributed by atoms with van der Waals surface area (Å²) in [7, 11) is 0. The molecule has 1 unspecified atom stereocenters. The van der Waals surface area contributed by atoms with E-state index in [1.54, 1.807) is 0 Å². The van der Waals surface area contributed by atoms with Crippen molar-refractivity contribution in [1.29, 1.82) is 0 Å². The number of rotatable bonds is 13. The van der Waals surface area contributed by atoms with Crippen LogP contribution in [0.3, 0.4) is 0 Å². The van der Waals surface area contributed by atoms with Gasteiger partial charge in [0, 0.05) is 42.8 Å². The standard InChI is InChI=1S/C26H31N3O3/c27-26(32)24(17-20-18-28-23-14-8-7-13-22(20)23)29-25(31)16-15-21(30)12-6-2-5-11-19-9-3-1-4-10-19/h1,3-4,7-10,13-14,18,24,28H,2,5-6,11-12,15-17H2,(H2,27,32)(H,29,31). The van der Waals surface area contributed by atoms with Crippen LogP contribution in [-0.2, 0) is 27.2 Å². The van der Waals surface area contributed by atoms with Crippen LogP contribution >= 0.6 is 0 Å². The second-order valence-corrected chi connectivity index (χ2v) is 8.17. The highest BCUT2D eigenvalue weighted by Crippen LogP contribution is 2.19. The zero-order valence-electron chi connectivity index (χ0n) is 18.3. The van der Waals surface area contributed by atoms with Crippen LogP contribution in [0.2, 0.25) is 0 Å². The first-order chi connectivity index (χ1) is 15.5. The van der Waals surface area contributed by atoms with Crippen molar-refractivity contribution in [1.82, 2.24) is 10.3 Å². The lowest BCUT2D eigenvalue weighted by Gasteiger charge is -2.15. The molecule has 1 heterocycles. The Bertz CT molecular complexity index is 1040. The number of nitrogens with two attached hydrogens (primary N) is 1. The molecule has 3 rings (SSSR count). The van der Waals surface area contributed by atoms with Crippen molar-refractivity contribution in [3.05, 3.63) is 71.9 Å². The maximum Gasteiger partial charge on any atom is 0.240 e. The lowest BCUT2D eigenvalue weighted by molar-refractivity contribution is -0.128. The van der Waals surface area contributed by atoms with E-state index in [4.69, 9.17) is 5.73 Å². The summed E-state index contributed by atoms with van der Waals surface area (Å²) < 4.78 is 0. The number of H-pyrrole nitrogens is 1. The molecule has 3 aromatic rings.